The largest absolute Gasteiger partial charge is 0.360 e. The van der Waals surface area contributed by atoms with Crippen molar-refractivity contribution in [1.82, 2.24) is 14.4 Å². The second-order valence-corrected chi connectivity index (χ2v) is 11.0. The van der Waals surface area contributed by atoms with E-state index < -0.39 is 25.7 Å². The average molecular weight is 446 g/mol. The topological polar surface area (TPSA) is 101 Å². The fraction of sp³-hybridized carbons (Fsp3) is 0.500. The smallest absolute Gasteiger partial charge is 0.248 e. The third-order valence-corrected chi connectivity index (χ3v) is 8.92. The molecule has 2 aromatic rings. The predicted octanol–water partition coefficient (Wildman–Crippen LogP) is 1.60. The minimum Gasteiger partial charge on any atom is -0.360 e. The van der Waals surface area contributed by atoms with Gasteiger partial charge in [-0.1, -0.05) is 5.16 Å². The van der Waals surface area contributed by atoms with Crippen molar-refractivity contribution in [3.05, 3.63) is 41.5 Å². The number of benzene rings is 1. The van der Waals surface area contributed by atoms with E-state index >= 15 is 0 Å². The predicted molar refractivity (Wildman–Crippen MR) is 104 cm³/mol. The lowest BCUT2D eigenvalue weighted by atomic mass is 10.3. The van der Waals surface area contributed by atoms with E-state index in [0.29, 0.717) is 44.8 Å². The first-order chi connectivity index (χ1) is 13.6. The van der Waals surface area contributed by atoms with Gasteiger partial charge in [0.05, 0.1) is 10.6 Å². The van der Waals surface area contributed by atoms with E-state index in [0.717, 1.165) is 12.1 Å². The van der Waals surface area contributed by atoms with Crippen LogP contribution in [0.25, 0.3) is 0 Å². The van der Waals surface area contributed by atoms with Crippen molar-refractivity contribution in [3.63, 3.8) is 0 Å². The van der Waals surface area contributed by atoms with Crippen molar-refractivity contribution in [1.29, 1.82) is 0 Å². The van der Waals surface area contributed by atoms with E-state index in [1.54, 1.807) is 13.8 Å². The van der Waals surface area contributed by atoms with Gasteiger partial charge >= 0.3 is 0 Å². The van der Waals surface area contributed by atoms with Crippen molar-refractivity contribution in [2.24, 2.45) is 0 Å². The van der Waals surface area contributed by atoms with Crippen molar-refractivity contribution < 1.29 is 25.7 Å². The zero-order valence-corrected chi connectivity index (χ0v) is 18.0. The van der Waals surface area contributed by atoms with Crippen LogP contribution in [0.15, 0.2) is 38.6 Å². The number of halogens is 1. The Balaban J connectivity index is 1.52. The average Bonchev–Trinajstić information content (AvgIpc) is 3.01. The third kappa shape index (κ3) is 4.85. The molecular formula is C18H24FN3O5S2. The van der Waals surface area contributed by atoms with Crippen LogP contribution in [0.1, 0.15) is 17.9 Å². The second kappa shape index (κ2) is 8.50. The maximum absolute atomic E-state index is 13.0. The first-order valence-electron chi connectivity index (χ1n) is 9.25. The van der Waals surface area contributed by atoms with Gasteiger partial charge in [-0.2, -0.15) is 4.31 Å². The van der Waals surface area contributed by atoms with Crippen molar-refractivity contribution >= 4 is 19.9 Å². The summed E-state index contributed by atoms with van der Waals surface area (Å²) < 4.78 is 69.6. The maximum atomic E-state index is 13.0. The molecule has 0 spiro atoms. The number of aromatic nitrogens is 1. The van der Waals surface area contributed by atoms with E-state index in [2.05, 4.69) is 5.16 Å². The van der Waals surface area contributed by atoms with Gasteiger partial charge in [0.15, 0.2) is 15.6 Å². The molecule has 3 rings (SSSR count). The van der Waals surface area contributed by atoms with E-state index in [4.69, 9.17) is 4.52 Å². The molecule has 1 saturated heterocycles. The Labute approximate surface area is 170 Å². The van der Waals surface area contributed by atoms with Crippen molar-refractivity contribution in [2.75, 3.05) is 38.5 Å². The van der Waals surface area contributed by atoms with Crippen LogP contribution in [0.4, 0.5) is 4.39 Å². The number of hydrogen-bond acceptors (Lipinski definition) is 7. The fourth-order valence-electron chi connectivity index (χ4n) is 3.40. The highest BCUT2D eigenvalue weighted by Gasteiger charge is 2.33. The van der Waals surface area contributed by atoms with Gasteiger partial charge < -0.3 is 9.42 Å². The Morgan fingerprint density at radius 2 is 1.66 bits per heavy atom. The molecule has 0 bridgehead atoms. The van der Waals surface area contributed by atoms with Crippen molar-refractivity contribution in [2.45, 2.75) is 30.1 Å². The summed E-state index contributed by atoms with van der Waals surface area (Å²) >= 11 is 0. The number of hydrogen-bond donors (Lipinski definition) is 0. The first-order valence-corrected chi connectivity index (χ1v) is 12.3. The van der Waals surface area contributed by atoms with Crippen LogP contribution in [0.3, 0.4) is 0 Å². The maximum Gasteiger partial charge on any atom is 0.248 e. The molecule has 0 aliphatic carbocycles. The Morgan fingerprint density at radius 3 is 2.21 bits per heavy atom. The number of piperazine rings is 1. The van der Waals surface area contributed by atoms with E-state index in [-0.39, 0.29) is 21.3 Å². The molecule has 1 fully saturated rings. The Hall–Kier alpha value is -1.82. The summed E-state index contributed by atoms with van der Waals surface area (Å²) in [5, 5.41) is 3.72. The fourth-order valence-corrected chi connectivity index (χ4v) is 6.41. The van der Waals surface area contributed by atoms with E-state index in [1.807, 2.05) is 4.90 Å². The quantitative estimate of drug-likeness (QED) is 0.597. The van der Waals surface area contributed by atoms with Crippen LogP contribution in [0, 0.1) is 19.7 Å². The van der Waals surface area contributed by atoms with Crippen molar-refractivity contribution in [3.8, 4) is 0 Å². The Morgan fingerprint density at radius 1 is 1.03 bits per heavy atom. The molecule has 0 N–H and O–H groups in total. The van der Waals surface area contributed by atoms with Crippen LogP contribution < -0.4 is 0 Å². The van der Waals surface area contributed by atoms with Gasteiger partial charge in [-0.05, 0) is 51.1 Å². The molecule has 29 heavy (non-hydrogen) atoms. The molecule has 160 valence electrons. The number of nitrogens with zero attached hydrogens (tertiary/aromatic N) is 3. The minimum atomic E-state index is -3.66. The second-order valence-electron chi connectivity index (χ2n) is 7.03. The van der Waals surface area contributed by atoms with Gasteiger partial charge in [0, 0.05) is 26.2 Å². The van der Waals surface area contributed by atoms with Gasteiger partial charge in [0.25, 0.3) is 0 Å². The Kier molecular flexibility index (Phi) is 6.42. The number of rotatable bonds is 7. The molecule has 0 saturated carbocycles. The highest BCUT2D eigenvalue weighted by Crippen LogP contribution is 2.24. The molecule has 11 heteroatoms. The Bertz CT molecular complexity index is 1040. The van der Waals surface area contributed by atoms with Crippen LogP contribution in [-0.4, -0.2) is 69.7 Å². The molecule has 1 aromatic carbocycles. The van der Waals surface area contributed by atoms with Gasteiger partial charge in [0.1, 0.15) is 16.4 Å². The molecule has 0 amide bonds. The van der Waals surface area contributed by atoms with Gasteiger partial charge in [-0.25, -0.2) is 21.2 Å². The molecule has 0 atom stereocenters. The van der Waals surface area contributed by atoms with E-state index in [9.17, 15) is 21.2 Å². The summed E-state index contributed by atoms with van der Waals surface area (Å²) in [6.45, 7) is 5.37. The molecule has 0 radical (unpaired) electrons. The summed E-state index contributed by atoms with van der Waals surface area (Å²) in [7, 11) is -7.13. The molecule has 1 aliphatic heterocycles. The summed E-state index contributed by atoms with van der Waals surface area (Å²) in [5.41, 5.74) is 0.343. The van der Waals surface area contributed by atoms with Crippen LogP contribution >= 0.6 is 0 Å². The lowest BCUT2D eigenvalue weighted by molar-refractivity contribution is 0.189. The number of sulfone groups is 1. The van der Waals surface area contributed by atoms with Crippen LogP contribution in [-0.2, 0) is 19.9 Å². The number of sulfonamides is 1. The summed E-state index contributed by atoms with van der Waals surface area (Å²) in [6.07, 6.45) is 0.413. The molecular weight excluding hydrogens is 421 g/mol. The van der Waals surface area contributed by atoms with Gasteiger partial charge in [-0.15, -0.1) is 0 Å². The van der Waals surface area contributed by atoms with Crippen LogP contribution in [0.5, 0.6) is 0 Å². The third-order valence-electron chi connectivity index (χ3n) is 4.96. The zero-order valence-electron chi connectivity index (χ0n) is 16.3. The van der Waals surface area contributed by atoms with E-state index in [1.165, 1.54) is 16.4 Å². The summed E-state index contributed by atoms with van der Waals surface area (Å²) in [5.74, 6) is -0.250. The monoisotopic (exact) mass is 445 g/mol. The first kappa shape index (κ1) is 21.9. The standard InChI is InChI=1S/C18H24FN3O5S2/c1-14-18(15(2)27-20-14)29(25,26)22-11-9-21(10-12-22)8-3-13-28(23,24)17-6-4-16(19)5-7-17/h4-7H,3,8-13H2,1-2H3. The lowest BCUT2D eigenvalue weighted by Gasteiger charge is -2.33. The van der Waals surface area contributed by atoms with Crippen LogP contribution in [0.2, 0.25) is 0 Å². The summed E-state index contributed by atoms with van der Waals surface area (Å²) in [6, 6.07) is 4.79. The molecule has 0 unspecified atom stereocenters. The SMILES string of the molecule is Cc1noc(C)c1S(=O)(=O)N1CCN(CCCS(=O)(=O)c2ccc(F)cc2)CC1. The molecule has 8 nitrogen and oxygen atoms in total. The number of aryl methyl sites for hydroxylation is 2. The van der Waals surface area contributed by atoms with Gasteiger partial charge in [-0.3, -0.25) is 0 Å². The molecule has 1 aliphatic rings. The molecule has 1 aromatic heterocycles. The minimum absolute atomic E-state index is 0.0454. The molecule has 2 heterocycles. The summed E-state index contributed by atoms with van der Waals surface area (Å²) in [4.78, 5) is 2.27. The normalized spacial score (nSPS) is 16.9. The van der Waals surface area contributed by atoms with Gasteiger partial charge in [0.2, 0.25) is 10.0 Å². The highest BCUT2D eigenvalue weighted by molar-refractivity contribution is 7.91. The zero-order chi connectivity index (χ0) is 21.2. The highest BCUT2D eigenvalue weighted by atomic mass is 32.2. The lowest BCUT2D eigenvalue weighted by Crippen LogP contribution is -2.49.